The van der Waals surface area contributed by atoms with Crippen LogP contribution in [0.2, 0.25) is 0 Å². The number of halogens is 3. The van der Waals surface area contributed by atoms with Crippen molar-refractivity contribution in [3.05, 3.63) is 34.7 Å². The second-order valence-electron chi connectivity index (χ2n) is 6.35. The first-order valence-electron chi connectivity index (χ1n) is 8.67. The van der Waals surface area contributed by atoms with E-state index in [4.69, 9.17) is 0 Å². The summed E-state index contributed by atoms with van der Waals surface area (Å²) in [7, 11) is 0. The van der Waals surface area contributed by atoms with E-state index in [0.29, 0.717) is 11.4 Å². The molecule has 0 bridgehead atoms. The van der Waals surface area contributed by atoms with Gasteiger partial charge in [0.1, 0.15) is 23.7 Å². The van der Waals surface area contributed by atoms with Crippen molar-refractivity contribution in [1.29, 1.82) is 5.26 Å². The summed E-state index contributed by atoms with van der Waals surface area (Å²) >= 11 is 4.19. The van der Waals surface area contributed by atoms with E-state index in [1.807, 2.05) is 11.8 Å². The van der Waals surface area contributed by atoms with E-state index in [0.717, 1.165) is 42.4 Å². The van der Waals surface area contributed by atoms with Crippen molar-refractivity contribution in [3.63, 3.8) is 0 Å². The van der Waals surface area contributed by atoms with Gasteiger partial charge >= 0.3 is 6.18 Å². The molecule has 1 unspecified atom stereocenters. The van der Waals surface area contributed by atoms with E-state index in [2.05, 4.69) is 4.98 Å². The predicted octanol–water partition coefficient (Wildman–Crippen LogP) is 2.79. The van der Waals surface area contributed by atoms with Crippen molar-refractivity contribution < 1.29 is 23.2 Å². The highest BCUT2D eigenvalue weighted by Gasteiger charge is 2.36. The number of aromatic nitrogens is 1. The van der Waals surface area contributed by atoms with Gasteiger partial charge in [-0.25, -0.2) is 4.98 Å². The lowest BCUT2D eigenvalue weighted by Crippen LogP contribution is -3.14. The van der Waals surface area contributed by atoms with Crippen LogP contribution >= 0.6 is 34.9 Å². The molecule has 28 heavy (non-hydrogen) atoms. The number of nitrogens with zero attached hydrogens (tertiary/aromatic N) is 2. The molecule has 1 atom stereocenters. The highest BCUT2D eigenvalue weighted by Crippen LogP contribution is 2.38. The molecule has 0 amide bonds. The van der Waals surface area contributed by atoms with E-state index in [1.165, 1.54) is 16.2 Å². The Kier molecular flexibility index (Phi) is 7.28. The number of thioether (sulfide) groups is 2. The summed E-state index contributed by atoms with van der Waals surface area (Å²) < 4.78 is 40.5. The number of hydrogen-bond acceptors (Lipinski definition) is 6. The Morgan fingerprint density at radius 1 is 1.36 bits per heavy atom. The third-order valence-corrected chi connectivity index (χ3v) is 7.31. The summed E-state index contributed by atoms with van der Waals surface area (Å²) in [6.45, 7) is 2.49. The Morgan fingerprint density at radius 3 is 2.71 bits per heavy atom. The van der Waals surface area contributed by atoms with Crippen molar-refractivity contribution >= 4 is 34.9 Å². The molecule has 1 saturated heterocycles. The summed E-state index contributed by atoms with van der Waals surface area (Å²) in [5.41, 5.74) is -1.27. The number of thiophene rings is 1. The van der Waals surface area contributed by atoms with Gasteiger partial charge in [-0.15, -0.1) is 23.1 Å². The lowest BCUT2D eigenvalue weighted by molar-refractivity contribution is -0.899. The summed E-state index contributed by atoms with van der Waals surface area (Å²) in [6.07, 6.45) is -5.32. The average molecular weight is 447 g/mol. The van der Waals surface area contributed by atoms with E-state index in [1.54, 1.807) is 23.6 Å². The zero-order valence-electron chi connectivity index (χ0n) is 14.8. The Balaban J connectivity index is 1.82. The van der Waals surface area contributed by atoms with Gasteiger partial charge in [0.15, 0.2) is 0 Å². The molecular weight excluding hydrogens is 427 g/mol. The maximum Gasteiger partial charge on any atom is 0.417 e. The van der Waals surface area contributed by atoms with E-state index < -0.39 is 23.4 Å². The van der Waals surface area contributed by atoms with Crippen LogP contribution in [-0.2, 0) is 6.18 Å². The molecule has 0 saturated carbocycles. The maximum atomic E-state index is 13.5. The van der Waals surface area contributed by atoms with Crippen LogP contribution < -0.4 is 4.90 Å². The van der Waals surface area contributed by atoms with Gasteiger partial charge < -0.3 is 10.0 Å². The fourth-order valence-electron chi connectivity index (χ4n) is 2.94. The van der Waals surface area contributed by atoms with Gasteiger partial charge in [-0.3, -0.25) is 0 Å². The molecule has 0 radical (unpaired) electrons. The van der Waals surface area contributed by atoms with Crippen LogP contribution in [-0.4, -0.2) is 53.1 Å². The molecule has 10 heteroatoms. The molecule has 0 spiro atoms. The molecule has 0 aliphatic carbocycles. The third kappa shape index (κ3) is 5.42. The SMILES string of the molecule is N#Cc1c(C(F)(F)F)cc(-c2cccs2)nc1SCC(O)C[NH+]1CCSCC1. The standard InChI is InChI=1S/C18H18F3N3OS3/c19-18(20,21)14-8-15(16-2-1-5-27-16)23-17(13(14)9-22)28-11-12(25)10-24-3-6-26-7-4-24/h1-2,5,8,12,25H,3-4,6-7,10-11H2/p+1. The molecule has 2 N–H and O–H groups in total. The van der Waals surface area contributed by atoms with Crippen molar-refractivity contribution in [2.75, 3.05) is 36.9 Å². The first-order chi connectivity index (χ1) is 13.4. The fraction of sp³-hybridized carbons (Fsp3) is 0.444. The number of hydrogen-bond donors (Lipinski definition) is 2. The molecule has 1 fully saturated rings. The Labute approximate surface area is 173 Å². The van der Waals surface area contributed by atoms with Crippen LogP contribution in [0.4, 0.5) is 13.2 Å². The molecule has 1 aliphatic heterocycles. The largest absolute Gasteiger partial charge is 0.417 e. The Morgan fingerprint density at radius 2 is 2.11 bits per heavy atom. The Hall–Kier alpha value is -1.25. The van der Waals surface area contributed by atoms with Crippen LogP contribution in [0, 0.1) is 11.3 Å². The third-order valence-electron chi connectivity index (χ3n) is 4.31. The summed E-state index contributed by atoms with van der Waals surface area (Å²) in [5, 5.41) is 21.5. The summed E-state index contributed by atoms with van der Waals surface area (Å²) in [6, 6.07) is 6.02. The number of nitriles is 1. The highest BCUT2D eigenvalue weighted by molar-refractivity contribution is 7.99. The van der Waals surface area contributed by atoms with Crippen molar-refractivity contribution in [3.8, 4) is 16.6 Å². The smallest absolute Gasteiger partial charge is 0.386 e. The Bertz CT molecular complexity index is 831. The predicted molar refractivity (Wildman–Crippen MR) is 107 cm³/mol. The first kappa shape index (κ1) is 21.5. The lowest BCUT2D eigenvalue weighted by atomic mass is 10.1. The molecule has 2 aromatic rings. The monoisotopic (exact) mass is 446 g/mol. The van der Waals surface area contributed by atoms with Gasteiger partial charge in [-0.05, 0) is 17.5 Å². The molecule has 0 aromatic carbocycles. The number of pyridine rings is 1. The van der Waals surface area contributed by atoms with Gasteiger partial charge in [0.25, 0.3) is 0 Å². The number of nitrogens with one attached hydrogen (secondary N) is 1. The number of aliphatic hydroxyl groups is 1. The van der Waals surface area contributed by atoms with Gasteiger partial charge in [0, 0.05) is 17.3 Å². The van der Waals surface area contributed by atoms with Crippen molar-refractivity contribution in [2.24, 2.45) is 0 Å². The first-order valence-corrected chi connectivity index (χ1v) is 11.7. The molecule has 3 heterocycles. The topological polar surface area (TPSA) is 61.3 Å². The minimum absolute atomic E-state index is 0.0176. The minimum Gasteiger partial charge on any atom is -0.386 e. The van der Waals surface area contributed by atoms with E-state index >= 15 is 0 Å². The van der Waals surface area contributed by atoms with Crippen molar-refractivity contribution in [2.45, 2.75) is 17.3 Å². The minimum atomic E-state index is -4.65. The van der Waals surface area contributed by atoms with Crippen LogP contribution in [0.15, 0.2) is 28.6 Å². The second kappa shape index (κ2) is 9.50. The lowest BCUT2D eigenvalue weighted by Gasteiger charge is -2.25. The molecule has 4 nitrogen and oxygen atoms in total. The zero-order chi connectivity index (χ0) is 20.1. The molecule has 3 rings (SSSR count). The zero-order valence-corrected chi connectivity index (χ0v) is 17.3. The maximum absolute atomic E-state index is 13.5. The summed E-state index contributed by atoms with van der Waals surface area (Å²) in [4.78, 5) is 6.21. The van der Waals surface area contributed by atoms with Gasteiger partial charge in [-0.1, -0.05) is 6.07 Å². The molecule has 150 valence electrons. The van der Waals surface area contributed by atoms with Crippen LogP contribution in [0.1, 0.15) is 11.1 Å². The number of rotatable bonds is 6. The number of alkyl halides is 3. The average Bonchev–Trinajstić information content (AvgIpc) is 3.20. The van der Waals surface area contributed by atoms with Gasteiger partial charge in [-0.2, -0.15) is 30.2 Å². The molecule has 2 aromatic heterocycles. The fourth-order valence-corrected chi connectivity index (χ4v) is 5.63. The quantitative estimate of drug-likeness (QED) is 0.669. The van der Waals surface area contributed by atoms with Crippen molar-refractivity contribution in [1.82, 2.24) is 4.98 Å². The van der Waals surface area contributed by atoms with Gasteiger partial charge in [0.05, 0.1) is 34.8 Å². The highest BCUT2D eigenvalue weighted by atomic mass is 32.2. The molecule has 1 aliphatic rings. The normalized spacial score (nSPS) is 16.7. The van der Waals surface area contributed by atoms with Gasteiger partial charge in [0.2, 0.25) is 0 Å². The number of quaternary nitrogens is 1. The van der Waals surface area contributed by atoms with E-state index in [9.17, 15) is 23.5 Å². The van der Waals surface area contributed by atoms with Crippen LogP contribution in [0.3, 0.4) is 0 Å². The summed E-state index contributed by atoms with van der Waals surface area (Å²) in [5.74, 6) is 2.30. The van der Waals surface area contributed by atoms with E-state index in [-0.39, 0.29) is 16.5 Å². The second-order valence-corrected chi connectivity index (χ2v) is 9.53. The number of aliphatic hydroxyl groups excluding tert-OH is 1. The van der Waals surface area contributed by atoms with Crippen LogP contribution in [0.5, 0.6) is 0 Å². The molecular formula is C18H19F3N3OS3+. The van der Waals surface area contributed by atoms with Crippen LogP contribution in [0.25, 0.3) is 10.6 Å².